The highest BCUT2D eigenvalue weighted by Gasteiger charge is 2.36. The SMILES string of the molecule is Cl.O=C(O)N1CC2CCCCC2C1. The number of hydrogen-bond donors (Lipinski definition) is 1. The standard InChI is InChI=1S/C9H15NO2.ClH/c11-9(12)10-5-7-3-1-2-4-8(7)6-10;/h7-8H,1-6H2,(H,11,12);1H. The summed E-state index contributed by atoms with van der Waals surface area (Å²) in [6, 6.07) is 0. The molecule has 1 saturated carbocycles. The molecule has 1 N–H and O–H groups in total. The summed E-state index contributed by atoms with van der Waals surface area (Å²) in [5.74, 6) is 1.35. The van der Waals surface area contributed by atoms with Crippen LogP contribution in [0.2, 0.25) is 0 Å². The van der Waals surface area contributed by atoms with Crippen molar-refractivity contribution in [2.75, 3.05) is 13.1 Å². The summed E-state index contributed by atoms with van der Waals surface area (Å²) in [6.45, 7) is 1.58. The number of likely N-dealkylation sites (tertiary alicyclic amines) is 1. The quantitative estimate of drug-likeness (QED) is 0.659. The van der Waals surface area contributed by atoms with Gasteiger partial charge in [-0.15, -0.1) is 12.4 Å². The van der Waals surface area contributed by atoms with Crippen molar-refractivity contribution in [3.8, 4) is 0 Å². The molecule has 1 aliphatic heterocycles. The van der Waals surface area contributed by atoms with Crippen LogP contribution in [0.5, 0.6) is 0 Å². The molecule has 2 aliphatic rings. The van der Waals surface area contributed by atoms with Crippen molar-refractivity contribution in [1.82, 2.24) is 4.90 Å². The van der Waals surface area contributed by atoms with Gasteiger partial charge in [0.1, 0.15) is 0 Å². The number of carbonyl (C=O) groups is 1. The number of nitrogens with zero attached hydrogens (tertiary/aromatic N) is 1. The van der Waals surface area contributed by atoms with Crippen molar-refractivity contribution in [3.05, 3.63) is 0 Å². The van der Waals surface area contributed by atoms with Crippen molar-refractivity contribution in [2.24, 2.45) is 11.8 Å². The van der Waals surface area contributed by atoms with Crippen molar-refractivity contribution in [2.45, 2.75) is 25.7 Å². The van der Waals surface area contributed by atoms with Gasteiger partial charge in [0.2, 0.25) is 0 Å². The van der Waals surface area contributed by atoms with Crippen molar-refractivity contribution in [1.29, 1.82) is 0 Å². The monoisotopic (exact) mass is 205 g/mol. The number of fused-ring (bicyclic) bond motifs is 1. The molecule has 0 radical (unpaired) electrons. The maximum absolute atomic E-state index is 10.7. The third-order valence-corrected chi connectivity index (χ3v) is 3.25. The summed E-state index contributed by atoms with van der Waals surface area (Å²) in [5, 5.41) is 8.79. The van der Waals surface area contributed by atoms with Crippen LogP contribution in [-0.2, 0) is 0 Å². The van der Waals surface area contributed by atoms with Gasteiger partial charge in [0.05, 0.1) is 0 Å². The minimum Gasteiger partial charge on any atom is -0.465 e. The highest BCUT2D eigenvalue weighted by Crippen LogP contribution is 2.35. The van der Waals surface area contributed by atoms with Gasteiger partial charge in [-0.3, -0.25) is 0 Å². The van der Waals surface area contributed by atoms with Crippen LogP contribution < -0.4 is 0 Å². The second kappa shape index (κ2) is 4.18. The summed E-state index contributed by atoms with van der Waals surface area (Å²) in [6.07, 6.45) is 4.36. The molecule has 0 aromatic heterocycles. The summed E-state index contributed by atoms with van der Waals surface area (Å²) < 4.78 is 0. The van der Waals surface area contributed by atoms with Crippen LogP contribution in [0.25, 0.3) is 0 Å². The molecule has 1 aliphatic carbocycles. The van der Waals surface area contributed by atoms with Crippen molar-refractivity contribution < 1.29 is 9.90 Å². The molecule has 1 saturated heterocycles. The van der Waals surface area contributed by atoms with Crippen LogP contribution in [0.3, 0.4) is 0 Å². The molecular weight excluding hydrogens is 190 g/mol. The Labute approximate surface area is 84.5 Å². The fourth-order valence-electron chi connectivity index (χ4n) is 2.56. The van der Waals surface area contributed by atoms with E-state index < -0.39 is 6.09 Å². The first-order chi connectivity index (χ1) is 5.77. The lowest BCUT2D eigenvalue weighted by atomic mass is 9.82. The minimum absolute atomic E-state index is 0. The molecule has 0 aromatic carbocycles. The van der Waals surface area contributed by atoms with Gasteiger partial charge >= 0.3 is 6.09 Å². The van der Waals surface area contributed by atoms with Crippen LogP contribution in [-0.4, -0.2) is 29.2 Å². The topological polar surface area (TPSA) is 40.5 Å². The third kappa shape index (κ3) is 2.08. The predicted molar refractivity (Wildman–Crippen MR) is 52.3 cm³/mol. The Morgan fingerprint density at radius 1 is 1.15 bits per heavy atom. The van der Waals surface area contributed by atoms with E-state index >= 15 is 0 Å². The first kappa shape index (κ1) is 10.6. The van der Waals surface area contributed by atoms with Gasteiger partial charge in [-0.25, -0.2) is 4.79 Å². The zero-order valence-electron chi connectivity index (χ0n) is 7.61. The molecule has 1 amide bonds. The largest absolute Gasteiger partial charge is 0.465 e. The lowest BCUT2D eigenvalue weighted by molar-refractivity contribution is 0.153. The summed E-state index contributed by atoms with van der Waals surface area (Å²) in [4.78, 5) is 12.3. The van der Waals surface area contributed by atoms with E-state index in [1.807, 2.05) is 0 Å². The normalized spacial score (nSPS) is 32.2. The van der Waals surface area contributed by atoms with E-state index in [2.05, 4.69) is 0 Å². The third-order valence-electron chi connectivity index (χ3n) is 3.25. The average Bonchev–Trinajstić information content (AvgIpc) is 2.46. The van der Waals surface area contributed by atoms with Gasteiger partial charge in [-0.1, -0.05) is 12.8 Å². The van der Waals surface area contributed by atoms with E-state index in [1.54, 1.807) is 4.90 Å². The molecule has 2 atom stereocenters. The Kier molecular flexibility index (Phi) is 3.42. The van der Waals surface area contributed by atoms with Gasteiger partial charge in [0.25, 0.3) is 0 Å². The lowest BCUT2D eigenvalue weighted by Gasteiger charge is -2.22. The molecule has 76 valence electrons. The molecular formula is C9H16ClNO2. The molecule has 4 heteroatoms. The maximum Gasteiger partial charge on any atom is 0.407 e. The highest BCUT2D eigenvalue weighted by atomic mass is 35.5. The highest BCUT2D eigenvalue weighted by molar-refractivity contribution is 5.85. The van der Waals surface area contributed by atoms with Crippen LogP contribution in [0.1, 0.15) is 25.7 Å². The van der Waals surface area contributed by atoms with Crippen LogP contribution in [0.4, 0.5) is 4.79 Å². The maximum atomic E-state index is 10.7. The Morgan fingerprint density at radius 2 is 1.62 bits per heavy atom. The van der Waals surface area contributed by atoms with Crippen LogP contribution in [0, 0.1) is 11.8 Å². The van der Waals surface area contributed by atoms with Crippen LogP contribution in [0.15, 0.2) is 0 Å². The van der Waals surface area contributed by atoms with E-state index in [1.165, 1.54) is 25.7 Å². The van der Waals surface area contributed by atoms with Gasteiger partial charge in [0, 0.05) is 13.1 Å². The molecule has 0 bridgehead atoms. The van der Waals surface area contributed by atoms with E-state index in [0.29, 0.717) is 11.8 Å². The fraction of sp³-hybridized carbons (Fsp3) is 0.889. The molecule has 13 heavy (non-hydrogen) atoms. The van der Waals surface area contributed by atoms with Crippen LogP contribution >= 0.6 is 12.4 Å². The molecule has 0 aromatic rings. The smallest absolute Gasteiger partial charge is 0.407 e. The van der Waals surface area contributed by atoms with E-state index in [0.717, 1.165) is 13.1 Å². The summed E-state index contributed by atoms with van der Waals surface area (Å²) >= 11 is 0. The molecule has 3 nitrogen and oxygen atoms in total. The number of halogens is 1. The molecule has 1 heterocycles. The number of rotatable bonds is 0. The second-order valence-electron chi connectivity index (χ2n) is 3.99. The number of amides is 1. The van der Waals surface area contributed by atoms with Gasteiger partial charge in [-0.2, -0.15) is 0 Å². The first-order valence-corrected chi connectivity index (χ1v) is 4.75. The Hall–Kier alpha value is -0.440. The number of carboxylic acid groups (broad SMARTS) is 1. The minimum atomic E-state index is -0.732. The fourth-order valence-corrected chi connectivity index (χ4v) is 2.56. The van der Waals surface area contributed by atoms with Gasteiger partial charge in [0.15, 0.2) is 0 Å². The van der Waals surface area contributed by atoms with Crippen molar-refractivity contribution in [3.63, 3.8) is 0 Å². The van der Waals surface area contributed by atoms with Gasteiger partial charge < -0.3 is 10.0 Å². The van der Waals surface area contributed by atoms with E-state index in [9.17, 15) is 4.79 Å². The van der Waals surface area contributed by atoms with Crippen molar-refractivity contribution >= 4 is 18.5 Å². The summed E-state index contributed by atoms with van der Waals surface area (Å²) in [7, 11) is 0. The lowest BCUT2D eigenvalue weighted by Crippen LogP contribution is -2.26. The zero-order valence-corrected chi connectivity index (χ0v) is 8.42. The van der Waals surface area contributed by atoms with E-state index in [4.69, 9.17) is 5.11 Å². The molecule has 2 rings (SSSR count). The molecule has 0 spiro atoms. The average molecular weight is 206 g/mol. The van der Waals surface area contributed by atoms with Gasteiger partial charge in [-0.05, 0) is 24.7 Å². The van der Waals surface area contributed by atoms with E-state index in [-0.39, 0.29) is 12.4 Å². The molecule has 2 unspecified atom stereocenters. The first-order valence-electron chi connectivity index (χ1n) is 4.75. The Bertz CT molecular complexity index is 184. The Balaban J connectivity index is 0.000000845. The molecule has 2 fully saturated rings. The predicted octanol–water partition coefficient (Wildman–Crippen LogP) is 2.21. The Morgan fingerprint density at radius 3 is 2.00 bits per heavy atom. The summed E-state index contributed by atoms with van der Waals surface area (Å²) in [5.41, 5.74) is 0. The zero-order chi connectivity index (χ0) is 8.55. The second-order valence-corrected chi connectivity index (χ2v) is 3.99. The number of hydrogen-bond acceptors (Lipinski definition) is 1.